The van der Waals surface area contributed by atoms with E-state index in [1.54, 1.807) is 0 Å². The van der Waals surface area contributed by atoms with Crippen LogP contribution in [0.1, 0.15) is 48.9 Å². The third kappa shape index (κ3) is 5.43. The minimum atomic E-state index is -3.94. The van der Waals surface area contributed by atoms with Gasteiger partial charge in [0, 0.05) is 14.1 Å². The van der Waals surface area contributed by atoms with Gasteiger partial charge in [0.2, 0.25) is 5.91 Å². The Morgan fingerprint density at radius 2 is 1.71 bits per heavy atom. The van der Waals surface area contributed by atoms with Crippen molar-refractivity contribution in [1.82, 2.24) is 9.62 Å². The maximum Gasteiger partial charge on any atom is 0.304 e. The number of carbonyl (C=O) groups excluding carboxylic acids is 1. The number of nitrogens with one attached hydrogen (secondary N) is 1. The van der Waals surface area contributed by atoms with E-state index in [0.717, 1.165) is 27.0 Å². The number of amides is 1. The van der Waals surface area contributed by atoms with Gasteiger partial charge in [-0.1, -0.05) is 25.1 Å². The van der Waals surface area contributed by atoms with Gasteiger partial charge in [0.15, 0.2) is 0 Å². The lowest BCUT2D eigenvalue weighted by molar-refractivity contribution is -0.120. The molecule has 0 fully saturated rings. The normalized spacial score (nSPS) is 14.7. The van der Waals surface area contributed by atoms with Crippen molar-refractivity contribution >= 4 is 21.8 Å². The minimum absolute atomic E-state index is 0.211. The monoisotopic (exact) mass is 447 g/mol. The number of nitrogens with zero attached hydrogens (tertiary/aromatic N) is 2. The first-order valence-electron chi connectivity index (χ1n) is 10.6. The van der Waals surface area contributed by atoms with E-state index in [1.165, 1.54) is 62.3 Å². The summed E-state index contributed by atoms with van der Waals surface area (Å²) in [7, 11) is -1.15. The van der Waals surface area contributed by atoms with Gasteiger partial charge in [-0.25, -0.2) is 8.70 Å². The highest BCUT2D eigenvalue weighted by Crippen LogP contribution is 2.26. The molecular weight excluding hydrogens is 417 g/mol. The van der Waals surface area contributed by atoms with Crippen LogP contribution in [0.25, 0.3) is 0 Å². The van der Waals surface area contributed by atoms with Crippen LogP contribution >= 0.6 is 0 Å². The number of rotatable bonds is 8. The lowest BCUT2D eigenvalue weighted by Crippen LogP contribution is -2.46. The number of anilines is 1. The molecule has 1 aliphatic rings. The van der Waals surface area contributed by atoms with E-state index in [-0.39, 0.29) is 11.7 Å². The molecule has 0 bridgehead atoms. The lowest BCUT2D eigenvalue weighted by Gasteiger charge is -2.28. The van der Waals surface area contributed by atoms with Gasteiger partial charge in [-0.05, 0) is 73.1 Å². The molecule has 1 atom stereocenters. The van der Waals surface area contributed by atoms with Gasteiger partial charge in [0.25, 0.3) is 0 Å². The van der Waals surface area contributed by atoms with E-state index in [4.69, 9.17) is 0 Å². The van der Waals surface area contributed by atoms with Crippen molar-refractivity contribution in [1.29, 1.82) is 0 Å². The summed E-state index contributed by atoms with van der Waals surface area (Å²) in [5, 5.41) is 2.97. The zero-order chi connectivity index (χ0) is 22.6. The molecule has 0 aliphatic heterocycles. The first-order chi connectivity index (χ1) is 14.7. The van der Waals surface area contributed by atoms with Crippen molar-refractivity contribution in [3.63, 3.8) is 0 Å². The molecule has 1 unspecified atom stereocenters. The molecule has 2 aromatic carbocycles. The van der Waals surface area contributed by atoms with Gasteiger partial charge in [0.1, 0.15) is 12.4 Å². The third-order valence-electron chi connectivity index (χ3n) is 5.66. The van der Waals surface area contributed by atoms with Crippen molar-refractivity contribution in [3.05, 3.63) is 65.0 Å². The van der Waals surface area contributed by atoms with Gasteiger partial charge in [0.05, 0.1) is 11.7 Å². The third-order valence-corrected chi connectivity index (χ3v) is 7.48. The zero-order valence-electron chi connectivity index (χ0n) is 18.3. The average Bonchev–Trinajstić information content (AvgIpc) is 2.76. The van der Waals surface area contributed by atoms with Crippen LogP contribution in [-0.4, -0.2) is 39.3 Å². The maximum atomic E-state index is 13.3. The average molecular weight is 448 g/mol. The number of hydrogen-bond acceptors (Lipinski definition) is 3. The molecule has 3 rings (SSSR count). The summed E-state index contributed by atoms with van der Waals surface area (Å²) in [6.07, 6.45) is 5.21. The van der Waals surface area contributed by atoms with E-state index >= 15 is 0 Å². The Balaban J connectivity index is 1.80. The number of halogens is 1. The fourth-order valence-electron chi connectivity index (χ4n) is 3.87. The van der Waals surface area contributed by atoms with E-state index in [2.05, 4.69) is 17.4 Å². The van der Waals surface area contributed by atoms with Gasteiger partial charge in [-0.3, -0.25) is 4.79 Å². The fraction of sp³-hybridized carbons (Fsp3) is 0.435. The van der Waals surface area contributed by atoms with Crippen LogP contribution < -0.4 is 9.62 Å². The van der Waals surface area contributed by atoms with Crippen LogP contribution in [-0.2, 0) is 27.8 Å². The van der Waals surface area contributed by atoms with Crippen molar-refractivity contribution in [2.45, 2.75) is 45.1 Å². The van der Waals surface area contributed by atoms with Crippen LogP contribution in [0, 0.1) is 5.82 Å². The van der Waals surface area contributed by atoms with Crippen molar-refractivity contribution in [2.24, 2.45) is 0 Å². The second-order valence-electron chi connectivity index (χ2n) is 8.04. The molecule has 0 aromatic heterocycles. The van der Waals surface area contributed by atoms with Crippen LogP contribution in [0.3, 0.4) is 0 Å². The Bertz CT molecular complexity index is 1020. The summed E-state index contributed by atoms with van der Waals surface area (Å²) in [6, 6.07) is 11.2. The molecule has 0 saturated heterocycles. The second-order valence-corrected chi connectivity index (χ2v) is 10.1. The summed E-state index contributed by atoms with van der Waals surface area (Å²) >= 11 is 0. The highest BCUT2D eigenvalue weighted by atomic mass is 32.2. The predicted octanol–water partition coefficient (Wildman–Crippen LogP) is 3.58. The van der Waals surface area contributed by atoms with Crippen LogP contribution in [0.15, 0.2) is 42.5 Å². The lowest BCUT2D eigenvalue weighted by atomic mass is 9.89. The predicted molar refractivity (Wildman–Crippen MR) is 121 cm³/mol. The number of hydrogen-bond donors (Lipinski definition) is 1. The Morgan fingerprint density at radius 1 is 1.06 bits per heavy atom. The second kappa shape index (κ2) is 9.78. The fourth-order valence-corrected chi connectivity index (χ4v) is 4.93. The van der Waals surface area contributed by atoms with Crippen LogP contribution in [0.2, 0.25) is 0 Å². The van der Waals surface area contributed by atoms with E-state index in [0.29, 0.717) is 6.42 Å². The summed E-state index contributed by atoms with van der Waals surface area (Å²) in [4.78, 5) is 12.9. The molecular formula is C23H30FN3O3S. The van der Waals surface area contributed by atoms with Gasteiger partial charge in [-0.2, -0.15) is 12.7 Å². The molecule has 0 spiro atoms. The Labute approximate surface area is 184 Å². The smallest absolute Gasteiger partial charge is 0.304 e. The highest BCUT2D eigenvalue weighted by Gasteiger charge is 2.28. The van der Waals surface area contributed by atoms with E-state index < -0.39 is 28.5 Å². The summed E-state index contributed by atoms with van der Waals surface area (Å²) in [5.74, 6) is -0.895. The molecule has 1 amide bonds. The molecule has 1 N–H and O–H groups in total. The quantitative estimate of drug-likeness (QED) is 0.672. The first-order valence-corrected chi connectivity index (χ1v) is 12.0. The summed E-state index contributed by atoms with van der Waals surface area (Å²) < 4.78 is 41.0. The summed E-state index contributed by atoms with van der Waals surface area (Å²) in [5.41, 5.74) is 3.96. The van der Waals surface area contributed by atoms with Gasteiger partial charge in [-0.15, -0.1) is 0 Å². The first kappa shape index (κ1) is 23.2. The van der Waals surface area contributed by atoms with Crippen molar-refractivity contribution in [3.8, 4) is 0 Å². The molecule has 0 radical (unpaired) electrons. The molecule has 8 heteroatoms. The Hall–Kier alpha value is -2.45. The minimum Gasteiger partial charge on any atom is -0.348 e. The summed E-state index contributed by atoms with van der Waals surface area (Å²) in [6.45, 7) is 1.59. The van der Waals surface area contributed by atoms with E-state index in [1.807, 2.05) is 13.0 Å². The van der Waals surface area contributed by atoms with Crippen LogP contribution in [0.4, 0.5) is 10.1 Å². The molecule has 0 heterocycles. The SMILES string of the molecule is CCC(NC(=O)CN(c1ccc(F)cc1)S(=O)(=O)N(C)C)c1ccc2c(c1)CCCC2. The standard InChI is InChI=1S/C23H30FN3O3S/c1-4-22(19-10-9-17-7-5-6-8-18(17)15-19)25-23(28)16-27(31(29,30)26(2)3)21-13-11-20(24)12-14-21/h9-15,22H,4-8,16H2,1-3H3,(H,25,28). The van der Waals surface area contributed by atoms with Crippen LogP contribution in [0.5, 0.6) is 0 Å². The molecule has 1 aliphatic carbocycles. The molecule has 6 nitrogen and oxygen atoms in total. The molecule has 2 aromatic rings. The molecule has 168 valence electrons. The van der Waals surface area contributed by atoms with E-state index in [9.17, 15) is 17.6 Å². The van der Waals surface area contributed by atoms with Gasteiger partial charge >= 0.3 is 10.2 Å². The number of aryl methyl sites for hydroxylation is 2. The van der Waals surface area contributed by atoms with Gasteiger partial charge < -0.3 is 5.32 Å². The zero-order valence-corrected chi connectivity index (χ0v) is 19.1. The molecule has 31 heavy (non-hydrogen) atoms. The number of carbonyl (C=O) groups is 1. The molecule has 0 saturated carbocycles. The number of fused-ring (bicyclic) bond motifs is 1. The van der Waals surface area contributed by atoms with Crippen molar-refractivity contribution in [2.75, 3.05) is 24.9 Å². The Morgan fingerprint density at radius 3 is 2.32 bits per heavy atom. The topological polar surface area (TPSA) is 69.7 Å². The largest absolute Gasteiger partial charge is 0.348 e. The number of benzene rings is 2. The maximum absolute atomic E-state index is 13.3. The van der Waals surface area contributed by atoms with Crippen molar-refractivity contribution < 1.29 is 17.6 Å². The highest BCUT2D eigenvalue weighted by molar-refractivity contribution is 7.90. The Kier molecular flexibility index (Phi) is 7.33.